The minimum absolute atomic E-state index is 0.0579. The molecule has 1 aromatic heterocycles. The SMILES string of the molecule is CCc1cc(OCCO)cc(C)c1NC(=O)c1cc(-c2cc(Cl)ccc2Cl)ccn1. The van der Waals surface area contributed by atoms with Gasteiger partial charge in [-0.15, -0.1) is 0 Å². The lowest BCUT2D eigenvalue weighted by Crippen LogP contribution is -2.16. The summed E-state index contributed by atoms with van der Waals surface area (Å²) >= 11 is 12.4. The van der Waals surface area contributed by atoms with Gasteiger partial charge in [-0.1, -0.05) is 30.1 Å². The van der Waals surface area contributed by atoms with E-state index in [1.807, 2.05) is 26.0 Å². The smallest absolute Gasteiger partial charge is 0.274 e. The second kappa shape index (κ2) is 9.94. The zero-order chi connectivity index (χ0) is 21.7. The van der Waals surface area contributed by atoms with Crippen LogP contribution in [-0.2, 0) is 6.42 Å². The van der Waals surface area contributed by atoms with E-state index in [2.05, 4.69) is 10.3 Å². The molecule has 0 saturated carbocycles. The molecule has 0 aliphatic carbocycles. The van der Waals surface area contributed by atoms with Crippen molar-refractivity contribution in [2.45, 2.75) is 20.3 Å². The number of aryl methyl sites for hydroxylation is 2. The first-order valence-electron chi connectivity index (χ1n) is 9.53. The van der Waals surface area contributed by atoms with Crippen LogP contribution in [0.1, 0.15) is 28.5 Å². The number of benzene rings is 2. The van der Waals surface area contributed by atoms with E-state index in [9.17, 15) is 4.79 Å². The molecule has 0 fully saturated rings. The van der Waals surface area contributed by atoms with E-state index in [1.165, 1.54) is 0 Å². The number of hydrogen-bond donors (Lipinski definition) is 2. The summed E-state index contributed by atoms with van der Waals surface area (Å²) in [6, 6.07) is 12.4. The van der Waals surface area contributed by atoms with E-state index >= 15 is 0 Å². The molecule has 3 rings (SSSR count). The van der Waals surface area contributed by atoms with Crippen LogP contribution >= 0.6 is 23.2 Å². The van der Waals surface area contributed by atoms with Crippen molar-refractivity contribution < 1.29 is 14.6 Å². The number of nitrogens with one attached hydrogen (secondary N) is 1. The van der Waals surface area contributed by atoms with E-state index in [-0.39, 0.29) is 24.8 Å². The minimum Gasteiger partial charge on any atom is -0.491 e. The first-order valence-corrected chi connectivity index (χ1v) is 10.3. The van der Waals surface area contributed by atoms with Crippen molar-refractivity contribution in [2.24, 2.45) is 0 Å². The zero-order valence-corrected chi connectivity index (χ0v) is 18.2. The Bertz CT molecular complexity index is 1070. The van der Waals surface area contributed by atoms with Crippen LogP contribution in [0.5, 0.6) is 5.75 Å². The second-order valence-corrected chi connectivity index (χ2v) is 7.55. The fourth-order valence-electron chi connectivity index (χ4n) is 3.15. The van der Waals surface area contributed by atoms with Crippen LogP contribution in [0.25, 0.3) is 11.1 Å². The van der Waals surface area contributed by atoms with Gasteiger partial charge in [0.05, 0.1) is 6.61 Å². The molecule has 2 aromatic carbocycles. The highest BCUT2D eigenvalue weighted by molar-refractivity contribution is 6.35. The van der Waals surface area contributed by atoms with E-state index in [0.29, 0.717) is 22.2 Å². The van der Waals surface area contributed by atoms with Crippen LogP contribution in [0.3, 0.4) is 0 Å². The van der Waals surface area contributed by atoms with Crippen molar-refractivity contribution in [3.8, 4) is 16.9 Å². The van der Waals surface area contributed by atoms with Gasteiger partial charge < -0.3 is 15.2 Å². The number of rotatable bonds is 7. The lowest BCUT2D eigenvalue weighted by Gasteiger charge is -2.16. The van der Waals surface area contributed by atoms with Crippen LogP contribution in [0.2, 0.25) is 10.0 Å². The molecule has 30 heavy (non-hydrogen) atoms. The zero-order valence-electron chi connectivity index (χ0n) is 16.7. The van der Waals surface area contributed by atoms with Crippen molar-refractivity contribution >= 4 is 34.8 Å². The van der Waals surface area contributed by atoms with Crippen molar-refractivity contribution in [2.75, 3.05) is 18.5 Å². The molecule has 0 aliphatic rings. The fraction of sp³-hybridized carbons (Fsp3) is 0.217. The molecule has 2 N–H and O–H groups in total. The number of hydrogen-bond acceptors (Lipinski definition) is 4. The Hall–Kier alpha value is -2.60. The molecule has 0 spiro atoms. The average molecular weight is 445 g/mol. The number of amides is 1. The van der Waals surface area contributed by atoms with E-state index in [4.69, 9.17) is 33.0 Å². The first-order chi connectivity index (χ1) is 14.4. The van der Waals surface area contributed by atoms with Gasteiger partial charge in [0.25, 0.3) is 5.91 Å². The second-order valence-electron chi connectivity index (χ2n) is 6.71. The summed E-state index contributed by atoms with van der Waals surface area (Å²) in [6.07, 6.45) is 2.28. The normalized spacial score (nSPS) is 10.7. The Morgan fingerprint density at radius 3 is 2.70 bits per heavy atom. The molecule has 0 unspecified atom stereocenters. The third kappa shape index (κ3) is 5.11. The monoisotopic (exact) mass is 444 g/mol. The average Bonchev–Trinajstić information content (AvgIpc) is 2.75. The molecule has 5 nitrogen and oxygen atoms in total. The van der Waals surface area contributed by atoms with Gasteiger partial charge in [-0.2, -0.15) is 0 Å². The maximum absolute atomic E-state index is 12.9. The Kier molecular flexibility index (Phi) is 7.32. The summed E-state index contributed by atoms with van der Waals surface area (Å²) in [7, 11) is 0. The van der Waals surface area contributed by atoms with Gasteiger partial charge in [0.15, 0.2) is 0 Å². The van der Waals surface area contributed by atoms with Crippen LogP contribution in [0, 0.1) is 6.92 Å². The number of carbonyl (C=O) groups excluding carboxylic acids is 1. The largest absolute Gasteiger partial charge is 0.491 e. The molecular weight excluding hydrogens is 423 g/mol. The van der Waals surface area contributed by atoms with Crippen LogP contribution in [0.4, 0.5) is 5.69 Å². The van der Waals surface area contributed by atoms with Gasteiger partial charge in [-0.3, -0.25) is 9.78 Å². The predicted molar refractivity (Wildman–Crippen MR) is 121 cm³/mol. The van der Waals surface area contributed by atoms with Crippen LogP contribution < -0.4 is 10.1 Å². The summed E-state index contributed by atoms with van der Waals surface area (Å²) in [4.78, 5) is 17.1. The van der Waals surface area contributed by atoms with Gasteiger partial charge in [-0.05, 0) is 72.5 Å². The molecule has 1 heterocycles. The molecule has 156 valence electrons. The molecule has 0 saturated heterocycles. The minimum atomic E-state index is -0.322. The quantitative estimate of drug-likeness (QED) is 0.500. The van der Waals surface area contributed by atoms with Crippen LogP contribution in [-0.4, -0.2) is 29.2 Å². The lowest BCUT2D eigenvalue weighted by atomic mass is 10.0. The summed E-state index contributed by atoms with van der Waals surface area (Å²) in [5, 5.41) is 13.0. The molecule has 0 bridgehead atoms. The number of halogens is 2. The Morgan fingerprint density at radius 1 is 1.17 bits per heavy atom. The highest BCUT2D eigenvalue weighted by atomic mass is 35.5. The lowest BCUT2D eigenvalue weighted by molar-refractivity contribution is 0.102. The maximum Gasteiger partial charge on any atom is 0.274 e. The van der Waals surface area contributed by atoms with Gasteiger partial charge in [0, 0.05) is 27.5 Å². The number of carbonyl (C=O) groups is 1. The third-order valence-electron chi connectivity index (χ3n) is 4.60. The number of aromatic nitrogens is 1. The Labute approximate surface area is 185 Å². The summed E-state index contributed by atoms with van der Waals surface area (Å²) in [5.41, 5.74) is 4.28. The highest BCUT2D eigenvalue weighted by Gasteiger charge is 2.15. The van der Waals surface area contributed by atoms with Gasteiger partial charge in [0.1, 0.15) is 18.1 Å². The summed E-state index contributed by atoms with van der Waals surface area (Å²) in [6.45, 7) is 4.06. The van der Waals surface area contributed by atoms with Crippen molar-refractivity contribution in [3.05, 3.63) is 75.5 Å². The number of anilines is 1. The van der Waals surface area contributed by atoms with E-state index in [1.54, 1.807) is 36.5 Å². The molecular formula is C23H22Cl2N2O3. The van der Waals surface area contributed by atoms with Gasteiger partial charge in [-0.25, -0.2) is 0 Å². The molecule has 0 atom stereocenters. The Balaban J connectivity index is 1.89. The van der Waals surface area contributed by atoms with E-state index in [0.717, 1.165) is 27.9 Å². The molecule has 0 radical (unpaired) electrons. The van der Waals surface area contributed by atoms with Gasteiger partial charge >= 0.3 is 0 Å². The van der Waals surface area contributed by atoms with Crippen molar-refractivity contribution in [3.63, 3.8) is 0 Å². The first kappa shape index (κ1) is 22.1. The number of ether oxygens (including phenoxy) is 1. The fourth-order valence-corrected chi connectivity index (χ4v) is 3.55. The Morgan fingerprint density at radius 2 is 1.97 bits per heavy atom. The topological polar surface area (TPSA) is 71.5 Å². The number of aliphatic hydroxyl groups excluding tert-OH is 1. The molecule has 1 amide bonds. The van der Waals surface area contributed by atoms with Crippen molar-refractivity contribution in [1.82, 2.24) is 4.98 Å². The number of aliphatic hydroxyl groups is 1. The molecule has 0 aliphatic heterocycles. The third-order valence-corrected chi connectivity index (χ3v) is 5.17. The standard InChI is InChI=1S/C23H22Cl2N2O3/c1-3-15-11-18(30-9-8-28)10-14(2)22(15)27-23(29)21-12-16(6-7-26-21)19-13-17(24)4-5-20(19)25/h4-7,10-13,28H,3,8-9H2,1-2H3,(H,27,29). The van der Waals surface area contributed by atoms with Crippen LogP contribution in [0.15, 0.2) is 48.7 Å². The molecule has 7 heteroatoms. The maximum atomic E-state index is 12.9. The predicted octanol–water partition coefficient (Wildman–Crippen LogP) is 5.55. The molecule has 3 aromatic rings. The summed E-state index contributed by atoms with van der Waals surface area (Å²) < 4.78 is 5.51. The van der Waals surface area contributed by atoms with E-state index < -0.39 is 0 Å². The number of pyridine rings is 1. The summed E-state index contributed by atoms with van der Waals surface area (Å²) in [5.74, 6) is 0.337. The number of nitrogens with zero attached hydrogens (tertiary/aromatic N) is 1. The highest BCUT2D eigenvalue weighted by Crippen LogP contribution is 2.31. The van der Waals surface area contributed by atoms with Gasteiger partial charge in [0.2, 0.25) is 0 Å². The van der Waals surface area contributed by atoms with Crippen molar-refractivity contribution in [1.29, 1.82) is 0 Å².